The Labute approximate surface area is 154 Å². The van der Waals surface area contributed by atoms with Crippen LogP contribution in [0.25, 0.3) is 11.1 Å². The molecule has 0 bridgehead atoms. The number of nitrogens with one attached hydrogen (secondary N) is 1. The molecule has 1 amide bonds. The molecule has 1 aliphatic heterocycles. The van der Waals surface area contributed by atoms with Gasteiger partial charge in [0, 0.05) is 18.7 Å². The summed E-state index contributed by atoms with van der Waals surface area (Å²) in [4.78, 5) is 15.0. The third kappa shape index (κ3) is 3.47. The molecule has 3 aromatic carbocycles. The van der Waals surface area contributed by atoms with Gasteiger partial charge in [-0.1, -0.05) is 54.6 Å². The third-order valence-corrected chi connectivity index (χ3v) is 4.85. The van der Waals surface area contributed by atoms with E-state index in [2.05, 4.69) is 28.4 Å². The fraction of sp³-hybridized carbons (Fsp3) is 0.174. The van der Waals surface area contributed by atoms with Crippen LogP contribution >= 0.6 is 0 Å². The Morgan fingerprint density at radius 3 is 2.08 bits per heavy atom. The molecule has 1 saturated heterocycles. The Hall–Kier alpha value is -3.07. The number of nitrogens with zero attached hydrogens (tertiary/aromatic N) is 1. The zero-order valence-electron chi connectivity index (χ0n) is 14.7. The number of hydrogen-bond acceptors (Lipinski definition) is 2. The van der Waals surface area contributed by atoms with Crippen LogP contribution in [0.4, 0.5) is 11.4 Å². The highest BCUT2D eigenvalue weighted by Gasteiger charge is 2.17. The highest BCUT2D eigenvalue weighted by atomic mass is 16.1. The molecule has 0 radical (unpaired) electrons. The van der Waals surface area contributed by atoms with Gasteiger partial charge in [0.25, 0.3) is 5.91 Å². The molecule has 3 aromatic rings. The van der Waals surface area contributed by atoms with Gasteiger partial charge in [0.05, 0.1) is 11.4 Å². The van der Waals surface area contributed by atoms with Crippen molar-refractivity contribution in [2.24, 2.45) is 0 Å². The molecule has 0 saturated carbocycles. The molecule has 0 aromatic heterocycles. The normalized spacial score (nSPS) is 13.6. The van der Waals surface area contributed by atoms with Crippen LogP contribution in [-0.2, 0) is 0 Å². The summed E-state index contributed by atoms with van der Waals surface area (Å²) in [7, 11) is 0. The molecule has 1 fully saturated rings. The Kier molecular flexibility index (Phi) is 4.69. The highest BCUT2D eigenvalue weighted by molar-refractivity contribution is 6.06. The van der Waals surface area contributed by atoms with Crippen molar-refractivity contribution in [3.05, 3.63) is 84.4 Å². The summed E-state index contributed by atoms with van der Waals surface area (Å²) >= 11 is 0. The van der Waals surface area contributed by atoms with Crippen molar-refractivity contribution in [2.45, 2.75) is 12.8 Å². The number of anilines is 2. The van der Waals surface area contributed by atoms with Gasteiger partial charge in [-0.15, -0.1) is 0 Å². The fourth-order valence-electron chi connectivity index (χ4n) is 3.45. The Morgan fingerprint density at radius 1 is 0.731 bits per heavy atom. The minimum atomic E-state index is -0.0729. The molecule has 0 aliphatic carbocycles. The van der Waals surface area contributed by atoms with Gasteiger partial charge in [-0.25, -0.2) is 0 Å². The zero-order chi connectivity index (χ0) is 17.8. The van der Waals surface area contributed by atoms with Crippen molar-refractivity contribution in [2.75, 3.05) is 23.3 Å². The summed E-state index contributed by atoms with van der Waals surface area (Å²) in [6.07, 6.45) is 2.42. The summed E-state index contributed by atoms with van der Waals surface area (Å²) in [5, 5.41) is 3.08. The van der Waals surface area contributed by atoms with Crippen LogP contribution in [0.3, 0.4) is 0 Å². The zero-order valence-corrected chi connectivity index (χ0v) is 14.7. The largest absolute Gasteiger partial charge is 0.370 e. The van der Waals surface area contributed by atoms with Gasteiger partial charge in [-0.05, 0) is 48.2 Å². The number of carbonyl (C=O) groups is 1. The lowest BCUT2D eigenvalue weighted by Gasteiger charge is -2.21. The molecular formula is C23H22N2O. The van der Waals surface area contributed by atoms with Crippen molar-refractivity contribution in [3.8, 4) is 11.1 Å². The maximum atomic E-state index is 12.7. The van der Waals surface area contributed by atoms with E-state index in [9.17, 15) is 4.79 Å². The van der Waals surface area contributed by atoms with Crippen LogP contribution in [0, 0.1) is 0 Å². The van der Waals surface area contributed by atoms with Gasteiger partial charge >= 0.3 is 0 Å². The summed E-state index contributed by atoms with van der Waals surface area (Å²) < 4.78 is 0. The fourth-order valence-corrected chi connectivity index (χ4v) is 3.45. The second kappa shape index (κ2) is 7.44. The smallest absolute Gasteiger partial charge is 0.255 e. The van der Waals surface area contributed by atoms with Crippen LogP contribution in [0.5, 0.6) is 0 Å². The SMILES string of the molecule is O=C(Nc1ccccc1N1CCCC1)c1ccc(-c2ccccc2)cc1. The Balaban J connectivity index is 1.52. The molecule has 4 rings (SSSR count). The molecule has 0 atom stereocenters. The van der Waals surface area contributed by atoms with E-state index in [4.69, 9.17) is 0 Å². The molecule has 3 nitrogen and oxygen atoms in total. The molecule has 1 heterocycles. The number of carbonyl (C=O) groups excluding carboxylic acids is 1. The average Bonchev–Trinajstić information content (AvgIpc) is 3.24. The van der Waals surface area contributed by atoms with Crippen molar-refractivity contribution in [3.63, 3.8) is 0 Å². The van der Waals surface area contributed by atoms with Gasteiger partial charge < -0.3 is 10.2 Å². The standard InChI is InChI=1S/C23H22N2O/c26-23(20-14-12-19(13-15-20)18-8-2-1-3-9-18)24-21-10-4-5-11-22(21)25-16-6-7-17-25/h1-5,8-15H,6-7,16-17H2,(H,24,26). The minimum Gasteiger partial charge on any atom is -0.370 e. The maximum absolute atomic E-state index is 12.7. The lowest BCUT2D eigenvalue weighted by atomic mass is 10.0. The highest BCUT2D eigenvalue weighted by Crippen LogP contribution is 2.29. The predicted molar refractivity (Wildman–Crippen MR) is 108 cm³/mol. The summed E-state index contributed by atoms with van der Waals surface area (Å²) in [5.74, 6) is -0.0729. The quantitative estimate of drug-likeness (QED) is 0.706. The van der Waals surface area contributed by atoms with E-state index in [0.29, 0.717) is 5.56 Å². The van der Waals surface area contributed by atoms with E-state index >= 15 is 0 Å². The molecule has 1 aliphatic rings. The summed E-state index contributed by atoms with van der Waals surface area (Å²) in [6, 6.07) is 26.0. The first kappa shape index (κ1) is 16.4. The molecule has 0 unspecified atom stereocenters. The van der Waals surface area contributed by atoms with Gasteiger partial charge in [0.2, 0.25) is 0 Å². The second-order valence-electron chi connectivity index (χ2n) is 6.61. The lowest BCUT2D eigenvalue weighted by Crippen LogP contribution is -2.21. The average molecular weight is 342 g/mol. The second-order valence-corrected chi connectivity index (χ2v) is 6.61. The van der Waals surface area contributed by atoms with Gasteiger partial charge in [-0.2, -0.15) is 0 Å². The van der Waals surface area contributed by atoms with E-state index < -0.39 is 0 Å². The first-order chi connectivity index (χ1) is 12.8. The van der Waals surface area contributed by atoms with Crippen molar-refractivity contribution in [1.29, 1.82) is 0 Å². The molecule has 3 heteroatoms. The molecular weight excluding hydrogens is 320 g/mol. The first-order valence-electron chi connectivity index (χ1n) is 9.12. The minimum absolute atomic E-state index is 0.0729. The van der Waals surface area contributed by atoms with Crippen LogP contribution in [-0.4, -0.2) is 19.0 Å². The number of benzene rings is 3. The third-order valence-electron chi connectivity index (χ3n) is 4.85. The van der Waals surface area contributed by atoms with Gasteiger partial charge in [0.15, 0.2) is 0 Å². The molecule has 0 spiro atoms. The van der Waals surface area contributed by atoms with Crippen molar-refractivity contribution in [1.82, 2.24) is 0 Å². The van der Waals surface area contributed by atoms with E-state index in [1.54, 1.807) is 0 Å². The van der Waals surface area contributed by atoms with Crippen LogP contribution in [0.1, 0.15) is 23.2 Å². The number of para-hydroxylation sites is 2. The topological polar surface area (TPSA) is 32.3 Å². The maximum Gasteiger partial charge on any atom is 0.255 e. The number of hydrogen-bond donors (Lipinski definition) is 1. The van der Waals surface area contributed by atoms with Crippen LogP contribution in [0.15, 0.2) is 78.9 Å². The van der Waals surface area contributed by atoms with Crippen LogP contribution in [0.2, 0.25) is 0 Å². The van der Waals surface area contributed by atoms with Crippen LogP contribution < -0.4 is 10.2 Å². The lowest BCUT2D eigenvalue weighted by molar-refractivity contribution is 0.102. The van der Waals surface area contributed by atoms with E-state index in [1.807, 2.05) is 60.7 Å². The molecule has 26 heavy (non-hydrogen) atoms. The number of amides is 1. The van der Waals surface area contributed by atoms with E-state index in [-0.39, 0.29) is 5.91 Å². The summed E-state index contributed by atoms with van der Waals surface area (Å²) in [6.45, 7) is 2.11. The number of rotatable bonds is 4. The Bertz CT molecular complexity index is 882. The Morgan fingerprint density at radius 2 is 1.35 bits per heavy atom. The first-order valence-corrected chi connectivity index (χ1v) is 9.12. The van der Waals surface area contributed by atoms with Crippen molar-refractivity contribution >= 4 is 17.3 Å². The van der Waals surface area contributed by atoms with Crippen molar-refractivity contribution < 1.29 is 4.79 Å². The monoisotopic (exact) mass is 342 g/mol. The molecule has 1 N–H and O–H groups in total. The predicted octanol–water partition coefficient (Wildman–Crippen LogP) is 5.21. The molecule has 130 valence electrons. The van der Waals surface area contributed by atoms with Gasteiger partial charge in [-0.3, -0.25) is 4.79 Å². The van der Waals surface area contributed by atoms with E-state index in [1.165, 1.54) is 12.8 Å². The summed E-state index contributed by atoms with van der Waals surface area (Å²) in [5.41, 5.74) is 4.92. The van der Waals surface area contributed by atoms with E-state index in [0.717, 1.165) is 35.6 Å². The van der Waals surface area contributed by atoms with Gasteiger partial charge in [0.1, 0.15) is 0 Å².